The zero-order valence-electron chi connectivity index (χ0n) is 34.7. The van der Waals surface area contributed by atoms with E-state index >= 15 is 0 Å². The van der Waals surface area contributed by atoms with Crippen LogP contribution < -0.4 is 0 Å². The smallest absolute Gasteiger partial charge is 0.309 e. The van der Waals surface area contributed by atoms with Crippen LogP contribution in [0.4, 0.5) is 0 Å². The number of hydrogen-bond acceptors (Lipinski definition) is 3. The average molecular weight is 675 g/mol. The van der Waals surface area contributed by atoms with Crippen molar-refractivity contribution in [1.29, 1.82) is 0 Å². The van der Waals surface area contributed by atoms with Crippen LogP contribution in [0.25, 0.3) is 0 Å². The van der Waals surface area contributed by atoms with Crippen LogP contribution in [0.5, 0.6) is 0 Å². The van der Waals surface area contributed by atoms with Gasteiger partial charge in [0, 0.05) is 12.8 Å². The lowest BCUT2D eigenvalue weighted by Crippen LogP contribution is -2.62. The third kappa shape index (κ3) is 9.65. The van der Waals surface area contributed by atoms with E-state index in [2.05, 4.69) is 41.2 Å². The quantitative estimate of drug-likeness (QED) is 0.233. The lowest BCUT2D eigenvalue weighted by molar-refractivity contribution is -0.205. The Morgan fingerprint density at radius 2 is 1.27 bits per heavy atom. The van der Waals surface area contributed by atoms with Crippen LogP contribution in [0, 0.1) is 62.6 Å². The Balaban J connectivity index is 0.00000164. The van der Waals surface area contributed by atoms with Crippen molar-refractivity contribution >= 4 is 18.0 Å². The molecular formula is C44H82O4. The van der Waals surface area contributed by atoms with Gasteiger partial charge in [-0.25, -0.2) is 0 Å². The van der Waals surface area contributed by atoms with Gasteiger partial charge in [-0.1, -0.05) is 88.7 Å². The molecule has 9 atom stereocenters. The molecule has 0 heterocycles. The summed E-state index contributed by atoms with van der Waals surface area (Å²) in [6, 6.07) is 0. The van der Waals surface area contributed by atoms with E-state index in [1.54, 1.807) is 19.9 Å². The average Bonchev–Trinajstić information content (AvgIpc) is 3.44. The Kier molecular flexibility index (Phi) is 19.2. The summed E-state index contributed by atoms with van der Waals surface area (Å²) in [4.78, 5) is 33.5. The normalized spacial score (nSPS) is 36.7. The molecule has 0 spiro atoms. The first-order valence-corrected chi connectivity index (χ1v) is 20.2. The minimum Gasteiger partial charge on any atom is -0.481 e. The highest BCUT2D eigenvalue weighted by Crippen LogP contribution is 2.73. The number of carboxylic acid groups (broad SMARTS) is 1. The first-order chi connectivity index (χ1) is 22.5. The second-order valence-electron chi connectivity index (χ2n) is 17.0. The van der Waals surface area contributed by atoms with Gasteiger partial charge in [0.25, 0.3) is 0 Å². The van der Waals surface area contributed by atoms with E-state index in [0.717, 1.165) is 36.4 Å². The van der Waals surface area contributed by atoms with Crippen molar-refractivity contribution in [1.82, 2.24) is 0 Å². The summed E-state index contributed by atoms with van der Waals surface area (Å²) in [5.41, 5.74) is 0.656. The lowest BCUT2D eigenvalue weighted by Gasteiger charge is -2.69. The summed E-state index contributed by atoms with van der Waals surface area (Å²) < 4.78 is 0. The van der Waals surface area contributed by atoms with Gasteiger partial charge in [0.2, 0.25) is 0 Å². The number of carboxylic acids is 1. The van der Waals surface area contributed by atoms with E-state index < -0.39 is 11.4 Å². The first-order valence-electron chi connectivity index (χ1n) is 20.2. The Bertz CT molecular complexity index is 990. The molecule has 5 aliphatic carbocycles. The molecule has 5 aliphatic rings. The van der Waals surface area contributed by atoms with Gasteiger partial charge in [0.05, 0.1) is 5.41 Å². The number of allylic oxidation sites excluding steroid dienone is 1. The fourth-order valence-corrected chi connectivity index (χ4v) is 11.9. The predicted octanol–water partition coefficient (Wildman–Crippen LogP) is 13.0. The lowest BCUT2D eigenvalue weighted by atomic mass is 9.35. The van der Waals surface area contributed by atoms with Gasteiger partial charge in [-0.05, 0) is 149 Å². The van der Waals surface area contributed by atoms with Crippen molar-refractivity contribution in [3.8, 4) is 0 Å². The van der Waals surface area contributed by atoms with Crippen molar-refractivity contribution in [3.05, 3.63) is 12.7 Å². The summed E-state index contributed by atoms with van der Waals surface area (Å²) >= 11 is 0. The maximum absolute atomic E-state index is 13.0. The molecule has 0 radical (unpaired) electrons. The molecule has 4 heteroatoms. The number of Topliss-reactive ketones (excluding diaryl/α,β-unsaturated/α-hetero) is 1. The maximum Gasteiger partial charge on any atom is 0.309 e. The molecule has 0 aliphatic heterocycles. The van der Waals surface area contributed by atoms with Crippen LogP contribution >= 0.6 is 0 Å². The van der Waals surface area contributed by atoms with E-state index in [-0.39, 0.29) is 17.6 Å². The Hall–Kier alpha value is -1.45. The monoisotopic (exact) mass is 675 g/mol. The third-order valence-electron chi connectivity index (χ3n) is 13.9. The van der Waals surface area contributed by atoms with E-state index in [1.165, 1.54) is 71.1 Å². The Morgan fingerprint density at radius 3 is 1.79 bits per heavy atom. The number of aliphatic carboxylic acids is 1. The van der Waals surface area contributed by atoms with Crippen LogP contribution in [0.15, 0.2) is 12.7 Å². The van der Waals surface area contributed by atoms with Gasteiger partial charge in [-0.2, -0.15) is 0 Å². The summed E-state index contributed by atoms with van der Waals surface area (Å²) in [6.07, 6.45) is 18.5. The summed E-state index contributed by atoms with van der Waals surface area (Å²) in [6.45, 7) is 35.0. The van der Waals surface area contributed by atoms with Crippen LogP contribution in [-0.2, 0) is 14.4 Å². The van der Waals surface area contributed by atoms with Gasteiger partial charge in [-0.15, -0.1) is 6.58 Å². The minimum atomic E-state index is -0.967. The van der Waals surface area contributed by atoms with Crippen molar-refractivity contribution in [2.75, 3.05) is 0 Å². The van der Waals surface area contributed by atoms with E-state index in [4.69, 9.17) is 4.79 Å². The van der Waals surface area contributed by atoms with Crippen LogP contribution in [-0.4, -0.2) is 23.1 Å². The van der Waals surface area contributed by atoms with E-state index in [0.29, 0.717) is 34.5 Å². The number of aldehydes is 1. The molecule has 48 heavy (non-hydrogen) atoms. The summed E-state index contributed by atoms with van der Waals surface area (Å²) in [5.74, 6) is 4.01. The highest BCUT2D eigenvalue weighted by molar-refractivity contribution is 5.85. The number of ketones is 1. The first kappa shape index (κ1) is 46.5. The zero-order chi connectivity index (χ0) is 37.7. The highest BCUT2D eigenvalue weighted by Gasteiger charge is 2.65. The van der Waals surface area contributed by atoms with Gasteiger partial charge in [0.1, 0.15) is 12.1 Å². The molecule has 0 saturated heterocycles. The third-order valence-corrected chi connectivity index (χ3v) is 13.9. The maximum atomic E-state index is 13.0. The fraction of sp³-hybridized carbons (Fsp3) is 0.886. The molecule has 9 unspecified atom stereocenters. The van der Waals surface area contributed by atoms with Crippen LogP contribution in [0.2, 0.25) is 0 Å². The molecule has 5 saturated carbocycles. The predicted molar refractivity (Wildman–Crippen MR) is 207 cm³/mol. The van der Waals surface area contributed by atoms with Gasteiger partial charge >= 0.3 is 5.97 Å². The molecule has 1 N–H and O–H groups in total. The van der Waals surface area contributed by atoms with Gasteiger partial charge in [-0.3, -0.25) is 9.59 Å². The number of carbonyl (C=O) groups excluding carboxylic acids is 2. The number of rotatable bonds is 5. The molecule has 282 valence electrons. The Labute approximate surface area is 299 Å². The van der Waals surface area contributed by atoms with Crippen LogP contribution in [0.1, 0.15) is 187 Å². The van der Waals surface area contributed by atoms with Crippen molar-refractivity contribution in [2.24, 2.45) is 62.6 Å². The van der Waals surface area contributed by atoms with Crippen molar-refractivity contribution in [3.63, 3.8) is 0 Å². The van der Waals surface area contributed by atoms with Gasteiger partial charge < -0.3 is 9.90 Å². The Morgan fingerprint density at radius 1 is 0.750 bits per heavy atom. The molecule has 0 amide bonds. The second kappa shape index (κ2) is 19.8. The fourth-order valence-electron chi connectivity index (χ4n) is 11.9. The molecule has 5 rings (SSSR count). The summed E-state index contributed by atoms with van der Waals surface area (Å²) in [7, 11) is 0. The second-order valence-corrected chi connectivity index (χ2v) is 17.0. The number of carbonyl (C=O) groups is 3. The minimum absolute atomic E-state index is 0.130. The standard InChI is InChI=1S/C33H54O3.C3H6.C2H4O.3C2H6/c1-29(2,28(35)36)20-22(34)19-21-12-17-33(7)26(30(21,3)4)14-18-32(6)25-13-16-31(5)15-8-9-24(31)23(25)10-11-27(32)33;1-3-2;1-2-3;3*1-2/h21,23-27H,8-20H2,1-7H3,(H,35,36);3H,1H2,2H3;2H,1H3;3*1-2H3. The van der Waals surface area contributed by atoms with Crippen molar-refractivity contribution in [2.45, 2.75) is 187 Å². The molecule has 0 aromatic carbocycles. The molecule has 4 nitrogen and oxygen atoms in total. The number of hydrogen-bond donors (Lipinski definition) is 1. The van der Waals surface area contributed by atoms with E-state index in [1.807, 2.05) is 48.5 Å². The van der Waals surface area contributed by atoms with E-state index in [9.17, 15) is 14.7 Å². The summed E-state index contributed by atoms with van der Waals surface area (Å²) in [5, 5.41) is 9.52. The molecule has 5 fully saturated rings. The number of fused-ring (bicyclic) bond motifs is 7. The molecule has 0 bridgehead atoms. The van der Waals surface area contributed by atoms with Gasteiger partial charge in [0.15, 0.2) is 0 Å². The molecular weight excluding hydrogens is 592 g/mol. The zero-order valence-corrected chi connectivity index (χ0v) is 34.7. The highest BCUT2D eigenvalue weighted by atomic mass is 16.4. The van der Waals surface area contributed by atoms with Crippen molar-refractivity contribution < 1.29 is 19.5 Å². The SMILES string of the molecule is C=CC.CC.CC.CC.CC(C)(CC(=O)CC1CCC2(C)C(CCC3(C)C4CCC5(C)CCCC5C4CCC32)C1(C)C)C(=O)O.CC=O. The topological polar surface area (TPSA) is 71.4 Å². The molecule has 0 aromatic rings. The van der Waals surface area contributed by atoms with Crippen LogP contribution in [0.3, 0.4) is 0 Å². The molecule has 0 aromatic heterocycles. The largest absolute Gasteiger partial charge is 0.481 e.